The van der Waals surface area contributed by atoms with Gasteiger partial charge in [-0.15, -0.1) is 0 Å². The van der Waals surface area contributed by atoms with Crippen molar-refractivity contribution in [1.82, 2.24) is 10.6 Å². The molecule has 3 amide bonds. The molecule has 0 aromatic heterocycles. The molecule has 0 aliphatic rings. The Morgan fingerprint density at radius 2 is 1.70 bits per heavy atom. The summed E-state index contributed by atoms with van der Waals surface area (Å²) < 4.78 is 0. The molecule has 0 aromatic carbocycles. The number of nitrogens with zero attached hydrogens (tertiary/aromatic N) is 1. The third-order valence-electron chi connectivity index (χ3n) is 2.89. The number of hydrogen-bond acceptors (Lipinski definition) is 4. The molecule has 0 saturated carbocycles. The van der Waals surface area contributed by atoms with Gasteiger partial charge in [-0.3, -0.25) is 14.4 Å². The zero-order valence-corrected chi connectivity index (χ0v) is 12.3. The highest BCUT2D eigenvalue weighted by Crippen LogP contribution is 2.09. The van der Waals surface area contributed by atoms with Crippen LogP contribution < -0.4 is 16.4 Å². The average molecular weight is 282 g/mol. The summed E-state index contributed by atoms with van der Waals surface area (Å²) in [6, 6.07) is 0.252. The van der Waals surface area contributed by atoms with Crippen molar-refractivity contribution in [2.24, 2.45) is 17.6 Å². The molecule has 0 aliphatic carbocycles. The normalized spacial score (nSPS) is 14.8. The highest BCUT2D eigenvalue weighted by molar-refractivity contribution is 5.91. The summed E-state index contributed by atoms with van der Waals surface area (Å²) in [5.74, 6) is -2.06. The highest BCUT2D eigenvalue weighted by Gasteiger charge is 2.29. The molecule has 20 heavy (non-hydrogen) atoms. The van der Waals surface area contributed by atoms with E-state index in [0.29, 0.717) is 0 Å². The predicted octanol–water partition coefficient (Wildman–Crippen LogP) is -0.333. The lowest BCUT2D eigenvalue weighted by atomic mass is 9.96. The van der Waals surface area contributed by atoms with E-state index in [1.807, 2.05) is 6.07 Å². The van der Waals surface area contributed by atoms with E-state index in [2.05, 4.69) is 10.6 Å². The van der Waals surface area contributed by atoms with Gasteiger partial charge in [-0.25, -0.2) is 0 Å². The number of hydrogen-bond donors (Lipinski definition) is 3. The first-order chi connectivity index (χ1) is 9.20. The zero-order chi connectivity index (χ0) is 15.9. The average Bonchev–Trinajstić information content (AvgIpc) is 2.31. The maximum Gasteiger partial charge on any atom is 0.243 e. The Labute approximate surface area is 118 Å². The predicted molar refractivity (Wildman–Crippen MR) is 73.0 cm³/mol. The van der Waals surface area contributed by atoms with Crippen molar-refractivity contribution < 1.29 is 14.4 Å². The van der Waals surface area contributed by atoms with Gasteiger partial charge in [0, 0.05) is 13.3 Å². The van der Waals surface area contributed by atoms with Crippen LogP contribution >= 0.6 is 0 Å². The zero-order valence-electron chi connectivity index (χ0n) is 12.3. The quantitative estimate of drug-likeness (QED) is 0.591. The van der Waals surface area contributed by atoms with Crippen LogP contribution in [-0.4, -0.2) is 29.8 Å². The summed E-state index contributed by atoms with van der Waals surface area (Å²) >= 11 is 0. The molecule has 0 aromatic rings. The molecule has 0 spiro atoms. The molecule has 0 fully saturated rings. The molecule has 7 heteroatoms. The van der Waals surface area contributed by atoms with Gasteiger partial charge in [0.05, 0.1) is 6.07 Å². The van der Waals surface area contributed by atoms with Crippen LogP contribution in [0.25, 0.3) is 0 Å². The van der Waals surface area contributed by atoms with Gasteiger partial charge < -0.3 is 16.4 Å². The Morgan fingerprint density at radius 3 is 2.05 bits per heavy atom. The number of primary amides is 1. The lowest BCUT2D eigenvalue weighted by molar-refractivity contribution is -0.132. The van der Waals surface area contributed by atoms with Crippen LogP contribution in [0, 0.1) is 23.2 Å². The summed E-state index contributed by atoms with van der Waals surface area (Å²) in [6.07, 6.45) is 0.0976. The van der Waals surface area contributed by atoms with E-state index in [4.69, 9.17) is 11.0 Å². The Hall–Kier alpha value is -2.10. The molecule has 3 atom stereocenters. The van der Waals surface area contributed by atoms with Gasteiger partial charge in [0.2, 0.25) is 17.7 Å². The van der Waals surface area contributed by atoms with Gasteiger partial charge in [0.1, 0.15) is 12.1 Å². The number of nitrogens with two attached hydrogens (primary N) is 1. The fourth-order valence-electron chi connectivity index (χ4n) is 1.75. The van der Waals surface area contributed by atoms with Crippen LogP contribution in [0.15, 0.2) is 0 Å². The second-order valence-corrected chi connectivity index (χ2v) is 5.15. The number of nitrogens with one attached hydrogen (secondary N) is 2. The molecule has 112 valence electrons. The summed E-state index contributed by atoms with van der Waals surface area (Å²) in [6.45, 7) is 6.52. The summed E-state index contributed by atoms with van der Waals surface area (Å²) in [5, 5.41) is 13.7. The number of amides is 3. The van der Waals surface area contributed by atoms with Crippen molar-refractivity contribution in [1.29, 1.82) is 5.26 Å². The third-order valence-corrected chi connectivity index (χ3v) is 2.89. The lowest BCUT2D eigenvalue weighted by Gasteiger charge is -2.26. The van der Waals surface area contributed by atoms with Gasteiger partial charge >= 0.3 is 0 Å². The summed E-state index contributed by atoms with van der Waals surface area (Å²) in [7, 11) is 0. The molecule has 0 bridgehead atoms. The van der Waals surface area contributed by atoms with Gasteiger partial charge in [0.25, 0.3) is 0 Å². The maximum absolute atomic E-state index is 12.1. The second kappa shape index (κ2) is 8.15. The van der Waals surface area contributed by atoms with Gasteiger partial charge in [-0.1, -0.05) is 20.8 Å². The van der Waals surface area contributed by atoms with E-state index in [9.17, 15) is 14.4 Å². The van der Waals surface area contributed by atoms with Crippen LogP contribution in [0.3, 0.4) is 0 Å². The van der Waals surface area contributed by atoms with Crippen LogP contribution in [0.5, 0.6) is 0 Å². The van der Waals surface area contributed by atoms with E-state index in [1.165, 1.54) is 6.92 Å². The fraction of sp³-hybridized carbons (Fsp3) is 0.692. The molecule has 0 unspecified atom stereocenters. The minimum atomic E-state index is -0.933. The van der Waals surface area contributed by atoms with Crippen LogP contribution in [0.2, 0.25) is 0 Å². The first-order valence-corrected chi connectivity index (χ1v) is 6.44. The number of nitriles is 1. The van der Waals surface area contributed by atoms with Crippen molar-refractivity contribution >= 4 is 17.7 Å². The Kier molecular flexibility index (Phi) is 7.29. The molecule has 0 aliphatic heterocycles. The molecule has 4 N–H and O–H groups in total. The molecular formula is C13H22N4O3. The Morgan fingerprint density at radius 1 is 1.15 bits per heavy atom. The smallest absolute Gasteiger partial charge is 0.243 e. The SMILES string of the molecule is CC(=O)N[C@@H](C(=O)N[C@@H](C(N)=O)[C@@H](C)CC#N)C(C)C. The molecule has 0 heterocycles. The van der Waals surface area contributed by atoms with Crippen LogP contribution in [-0.2, 0) is 14.4 Å². The van der Waals surface area contributed by atoms with E-state index in [0.717, 1.165) is 0 Å². The number of carbonyl (C=O) groups is 3. The molecule has 7 nitrogen and oxygen atoms in total. The molecule has 0 radical (unpaired) electrons. The van der Waals surface area contributed by atoms with Crippen LogP contribution in [0.1, 0.15) is 34.1 Å². The van der Waals surface area contributed by atoms with Crippen LogP contribution in [0.4, 0.5) is 0 Å². The fourth-order valence-corrected chi connectivity index (χ4v) is 1.75. The Bertz CT molecular complexity index is 414. The van der Waals surface area contributed by atoms with Gasteiger partial charge in [0.15, 0.2) is 0 Å². The Balaban J connectivity index is 4.93. The molecule has 0 saturated heterocycles. The summed E-state index contributed by atoms with van der Waals surface area (Å²) in [5.41, 5.74) is 5.24. The van der Waals surface area contributed by atoms with E-state index < -0.39 is 29.8 Å². The highest BCUT2D eigenvalue weighted by atomic mass is 16.2. The lowest BCUT2D eigenvalue weighted by Crippen LogP contribution is -2.56. The topological polar surface area (TPSA) is 125 Å². The van der Waals surface area contributed by atoms with E-state index in [1.54, 1.807) is 20.8 Å². The molecular weight excluding hydrogens is 260 g/mol. The van der Waals surface area contributed by atoms with Gasteiger partial charge in [-0.05, 0) is 11.8 Å². The monoisotopic (exact) mass is 282 g/mol. The van der Waals surface area contributed by atoms with Crippen molar-refractivity contribution in [3.8, 4) is 6.07 Å². The second-order valence-electron chi connectivity index (χ2n) is 5.15. The summed E-state index contributed by atoms with van der Waals surface area (Å²) in [4.78, 5) is 34.6. The standard InChI is InChI=1S/C13H22N4O3/c1-7(2)10(16-9(4)18)13(20)17-11(12(15)19)8(3)5-6-14/h7-8,10-11H,5H2,1-4H3,(H2,15,19)(H,16,18)(H,17,20)/t8-,10+,11+/m0/s1. The van der Waals surface area contributed by atoms with Gasteiger partial charge in [-0.2, -0.15) is 5.26 Å². The van der Waals surface area contributed by atoms with Crippen molar-refractivity contribution in [3.05, 3.63) is 0 Å². The maximum atomic E-state index is 12.1. The van der Waals surface area contributed by atoms with E-state index in [-0.39, 0.29) is 18.2 Å². The van der Waals surface area contributed by atoms with Crippen molar-refractivity contribution in [2.75, 3.05) is 0 Å². The minimum Gasteiger partial charge on any atom is -0.368 e. The first-order valence-electron chi connectivity index (χ1n) is 6.44. The number of rotatable bonds is 7. The third kappa shape index (κ3) is 5.69. The van der Waals surface area contributed by atoms with Crippen molar-refractivity contribution in [3.63, 3.8) is 0 Å². The first kappa shape index (κ1) is 17.9. The minimum absolute atomic E-state index is 0.0976. The van der Waals surface area contributed by atoms with E-state index >= 15 is 0 Å². The van der Waals surface area contributed by atoms with Crippen molar-refractivity contribution in [2.45, 2.75) is 46.2 Å². The number of carbonyl (C=O) groups excluding carboxylic acids is 3. The molecule has 0 rings (SSSR count). The largest absolute Gasteiger partial charge is 0.368 e.